The molecule has 0 saturated carbocycles. The molecule has 0 bridgehead atoms. The minimum atomic E-state index is -3.04. The van der Waals surface area contributed by atoms with Crippen LogP contribution in [-0.4, -0.2) is 36.7 Å². The van der Waals surface area contributed by atoms with Crippen LogP contribution in [-0.2, 0) is 9.84 Å². The van der Waals surface area contributed by atoms with E-state index >= 15 is 0 Å². The van der Waals surface area contributed by atoms with E-state index in [0.717, 1.165) is 0 Å². The summed E-state index contributed by atoms with van der Waals surface area (Å²) in [6, 6.07) is 0. The van der Waals surface area contributed by atoms with Crippen LogP contribution >= 0.6 is 0 Å². The van der Waals surface area contributed by atoms with E-state index in [2.05, 4.69) is 0 Å². The highest BCUT2D eigenvalue weighted by atomic mass is 32.2. The molecule has 1 fully saturated rings. The number of sulfone groups is 1. The lowest BCUT2D eigenvalue weighted by atomic mass is 9.86. The monoisotopic (exact) mass is 221 g/mol. The van der Waals surface area contributed by atoms with Gasteiger partial charge in [-0.3, -0.25) is 0 Å². The Morgan fingerprint density at radius 1 is 1.57 bits per heavy atom. The van der Waals surface area contributed by atoms with Gasteiger partial charge < -0.3 is 10.8 Å². The van der Waals surface area contributed by atoms with Crippen molar-refractivity contribution in [3.63, 3.8) is 0 Å². The van der Waals surface area contributed by atoms with Crippen LogP contribution in [0.2, 0.25) is 0 Å². The van der Waals surface area contributed by atoms with Gasteiger partial charge in [0.1, 0.15) is 0 Å². The summed E-state index contributed by atoms with van der Waals surface area (Å²) in [5, 5.41) is 9.77. The van der Waals surface area contributed by atoms with E-state index < -0.39 is 20.7 Å². The van der Waals surface area contributed by atoms with Crippen LogP contribution < -0.4 is 5.73 Å². The van der Waals surface area contributed by atoms with Gasteiger partial charge in [0.25, 0.3) is 0 Å². The van der Waals surface area contributed by atoms with E-state index in [4.69, 9.17) is 5.73 Å². The molecule has 1 rings (SSSR count). The maximum absolute atomic E-state index is 11.7. The fraction of sp³-hybridized carbons (Fsp3) is 1.00. The fourth-order valence-electron chi connectivity index (χ4n) is 2.15. The van der Waals surface area contributed by atoms with Crippen LogP contribution in [0.4, 0.5) is 0 Å². The Labute approximate surface area is 85.4 Å². The molecular formula is C9H19NO3S. The van der Waals surface area contributed by atoms with Crippen molar-refractivity contribution in [1.29, 1.82) is 0 Å². The normalized spacial score (nSPS) is 31.6. The third-order valence-corrected chi connectivity index (χ3v) is 6.00. The molecule has 1 aliphatic heterocycles. The van der Waals surface area contributed by atoms with Crippen molar-refractivity contribution >= 4 is 9.84 Å². The van der Waals surface area contributed by atoms with E-state index in [1.807, 2.05) is 0 Å². The minimum Gasteiger partial charge on any atom is -0.393 e. The second-order valence-electron chi connectivity index (χ2n) is 4.46. The minimum absolute atomic E-state index is 0.170. The summed E-state index contributed by atoms with van der Waals surface area (Å²) in [4.78, 5) is 0. The number of hydrogen-bond acceptors (Lipinski definition) is 4. The van der Waals surface area contributed by atoms with Crippen molar-refractivity contribution in [2.45, 2.75) is 37.5 Å². The number of hydrogen-bond donors (Lipinski definition) is 2. The molecule has 5 heteroatoms. The topological polar surface area (TPSA) is 80.4 Å². The van der Waals surface area contributed by atoms with Gasteiger partial charge in [0, 0.05) is 5.92 Å². The van der Waals surface area contributed by atoms with Crippen LogP contribution in [0.1, 0.15) is 26.7 Å². The van der Waals surface area contributed by atoms with Crippen LogP contribution in [0.25, 0.3) is 0 Å². The first-order valence-corrected chi connectivity index (χ1v) is 6.58. The van der Waals surface area contributed by atoms with Crippen LogP contribution in [0.5, 0.6) is 0 Å². The predicted molar refractivity (Wildman–Crippen MR) is 55.7 cm³/mol. The average molecular weight is 221 g/mol. The lowest BCUT2D eigenvalue weighted by Gasteiger charge is -2.29. The Kier molecular flexibility index (Phi) is 3.23. The first-order chi connectivity index (χ1) is 6.33. The molecular weight excluding hydrogens is 202 g/mol. The second-order valence-corrected chi connectivity index (χ2v) is 7.15. The van der Waals surface area contributed by atoms with Gasteiger partial charge in [0.2, 0.25) is 0 Å². The largest absolute Gasteiger partial charge is 0.393 e. The summed E-state index contributed by atoms with van der Waals surface area (Å²) in [5.74, 6) is 0.0165. The highest BCUT2D eigenvalue weighted by Crippen LogP contribution is 2.39. The van der Waals surface area contributed by atoms with E-state index in [1.54, 1.807) is 13.8 Å². The smallest absolute Gasteiger partial charge is 0.155 e. The van der Waals surface area contributed by atoms with Crippen molar-refractivity contribution in [3.8, 4) is 0 Å². The fourth-order valence-corrected chi connectivity index (χ4v) is 3.98. The maximum Gasteiger partial charge on any atom is 0.155 e. The molecule has 3 N–H and O–H groups in total. The van der Waals surface area contributed by atoms with Crippen molar-refractivity contribution < 1.29 is 13.5 Å². The zero-order valence-corrected chi connectivity index (χ0v) is 9.55. The Balaban J connectivity index is 2.85. The van der Waals surface area contributed by atoms with E-state index in [-0.39, 0.29) is 11.7 Å². The Hall–Kier alpha value is -0.130. The summed E-state index contributed by atoms with van der Waals surface area (Å²) in [6.45, 7) is 3.78. The van der Waals surface area contributed by atoms with E-state index in [9.17, 15) is 13.5 Å². The van der Waals surface area contributed by atoms with Gasteiger partial charge >= 0.3 is 0 Å². The van der Waals surface area contributed by atoms with Gasteiger partial charge in [0.15, 0.2) is 9.84 Å². The number of aliphatic hydroxyl groups excluding tert-OH is 1. The quantitative estimate of drug-likeness (QED) is 0.698. The summed E-state index contributed by atoms with van der Waals surface area (Å²) in [5.41, 5.74) is 5.34. The second kappa shape index (κ2) is 3.79. The zero-order chi connectivity index (χ0) is 11.0. The molecule has 0 aromatic rings. The van der Waals surface area contributed by atoms with Crippen molar-refractivity contribution in [2.24, 2.45) is 11.7 Å². The van der Waals surface area contributed by atoms with Gasteiger partial charge in [-0.1, -0.05) is 0 Å². The molecule has 0 radical (unpaired) electrons. The van der Waals surface area contributed by atoms with Crippen LogP contribution in [0.15, 0.2) is 0 Å². The summed E-state index contributed by atoms with van der Waals surface area (Å²) < 4.78 is 22.5. The third-order valence-electron chi connectivity index (χ3n) is 3.32. The molecule has 0 spiro atoms. The lowest BCUT2D eigenvalue weighted by molar-refractivity contribution is 0.0868. The number of rotatable bonds is 3. The van der Waals surface area contributed by atoms with E-state index in [1.165, 1.54) is 0 Å². The van der Waals surface area contributed by atoms with Gasteiger partial charge in [-0.2, -0.15) is 0 Å². The van der Waals surface area contributed by atoms with Gasteiger partial charge in [0.05, 0.1) is 16.6 Å². The van der Waals surface area contributed by atoms with Gasteiger partial charge in [-0.25, -0.2) is 8.42 Å². The highest BCUT2D eigenvalue weighted by molar-refractivity contribution is 7.93. The SMILES string of the molecule is CC1(C)C([C@@H](O)CCN)CCS1(=O)=O. The third kappa shape index (κ3) is 1.81. The summed E-state index contributed by atoms with van der Waals surface area (Å²) in [6.07, 6.45) is 0.437. The molecule has 0 aliphatic carbocycles. The van der Waals surface area contributed by atoms with Crippen molar-refractivity contribution in [1.82, 2.24) is 0 Å². The molecule has 1 heterocycles. The molecule has 84 valence electrons. The highest BCUT2D eigenvalue weighted by Gasteiger charge is 2.49. The Morgan fingerprint density at radius 3 is 2.50 bits per heavy atom. The molecule has 1 saturated heterocycles. The van der Waals surface area contributed by atoms with Crippen molar-refractivity contribution in [3.05, 3.63) is 0 Å². The Bertz CT molecular complexity index is 297. The number of aliphatic hydroxyl groups is 1. The van der Waals surface area contributed by atoms with E-state index in [0.29, 0.717) is 19.4 Å². The molecule has 4 nitrogen and oxygen atoms in total. The molecule has 1 unspecified atom stereocenters. The molecule has 0 aromatic heterocycles. The number of nitrogens with two attached hydrogens (primary N) is 1. The predicted octanol–water partition coefficient (Wildman–Crippen LogP) is -0.0906. The standard InChI is InChI=1S/C9H19NO3S/c1-9(2)7(8(11)3-5-10)4-6-14(9,12)13/h7-8,11H,3-6,10H2,1-2H3/t7?,8-/m0/s1. The van der Waals surface area contributed by atoms with Crippen molar-refractivity contribution in [2.75, 3.05) is 12.3 Å². The maximum atomic E-state index is 11.7. The average Bonchev–Trinajstić information content (AvgIpc) is 2.23. The Morgan fingerprint density at radius 2 is 2.14 bits per heavy atom. The lowest BCUT2D eigenvalue weighted by Crippen LogP contribution is -2.40. The van der Waals surface area contributed by atoms with Crippen LogP contribution in [0.3, 0.4) is 0 Å². The molecule has 0 aromatic carbocycles. The first-order valence-electron chi connectivity index (χ1n) is 4.93. The van der Waals surface area contributed by atoms with Crippen LogP contribution in [0, 0.1) is 5.92 Å². The summed E-state index contributed by atoms with van der Waals surface area (Å²) >= 11 is 0. The summed E-state index contributed by atoms with van der Waals surface area (Å²) in [7, 11) is -3.04. The molecule has 0 amide bonds. The van der Waals surface area contributed by atoms with Gasteiger partial charge in [-0.15, -0.1) is 0 Å². The van der Waals surface area contributed by atoms with Gasteiger partial charge in [-0.05, 0) is 33.2 Å². The molecule has 14 heavy (non-hydrogen) atoms. The molecule has 1 aliphatic rings. The first kappa shape index (κ1) is 11.9. The zero-order valence-electron chi connectivity index (χ0n) is 8.73. The molecule has 2 atom stereocenters.